The third-order valence-corrected chi connectivity index (χ3v) is 10.2. The maximum Gasteiger partial charge on any atom is 0.231 e. The van der Waals surface area contributed by atoms with Gasteiger partial charge in [0, 0.05) is 0 Å². The largest absolute Gasteiger partial charge is 0.393 e. The fraction of sp³-hybridized carbons (Fsp3) is 0.750. The van der Waals surface area contributed by atoms with E-state index in [1.165, 1.54) is 11.3 Å². The number of aromatic nitrogens is 1. The first-order valence-corrected chi connectivity index (χ1v) is 11.8. The van der Waals surface area contributed by atoms with E-state index in [1.807, 2.05) is 0 Å². The van der Waals surface area contributed by atoms with Gasteiger partial charge in [-0.2, -0.15) is 0 Å². The number of hydrogen-bond donors (Lipinski definition) is 3. The zero-order valence-electron chi connectivity index (χ0n) is 15.7. The lowest BCUT2D eigenvalue weighted by molar-refractivity contribution is -0.155. The molecule has 4 atom stereocenters. The standard InChI is InChI=1S/C20H26BrN3O3S/c21-14-9-24-17(28-14)20(16(23)27)13-6-5-12(18(13)7-8-18)19(20,15(22)26)10-1-3-11(25)4-2-10/h9-13,25H,1-8H2,(H2,22,26)(H2,23,27)/t10?,11?,12-,13+,19+,20-/m1/s1. The topological polar surface area (TPSA) is 119 Å². The van der Waals surface area contributed by atoms with Gasteiger partial charge in [0.05, 0.1) is 21.5 Å². The van der Waals surface area contributed by atoms with Crippen LogP contribution in [0.25, 0.3) is 0 Å². The van der Waals surface area contributed by atoms with Crippen LogP contribution in [0.2, 0.25) is 0 Å². The fourth-order valence-corrected chi connectivity index (χ4v) is 9.36. The summed E-state index contributed by atoms with van der Waals surface area (Å²) in [6.45, 7) is 0. The lowest BCUT2D eigenvalue weighted by Gasteiger charge is -2.53. The van der Waals surface area contributed by atoms with Crippen molar-refractivity contribution in [3.8, 4) is 0 Å². The van der Waals surface area contributed by atoms with Crippen LogP contribution in [-0.4, -0.2) is 28.0 Å². The molecule has 0 aromatic carbocycles. The highest BCUT2D eigenvalue weighted by Gasteiger charge is 2.86. The highest BCUT2D eigenvalue weighted by Crippen LogP contribution is 2.84. The molecule has 0 saturated heterocycles. The number of thiazole rings is 1. The van der Waals surface area contributed by atoms with Gasteiger partial charge in [-0.05, 0) is 90.5 Å². The maximum atomic E-state index is 13.4. The summed E-state index contributed by atoms with van der Waals surface area (Å²) >= 11 is 4.90. The number of carbonyl (C=O) groups excluding carboxylic acids is 2. The van der Waals surface area contributed by atoms with Crippen LogP contribution in [0.4, 0.5) is 0 Å². The van der Waals surface area contributed by atoms with Crippen molar-refractivity contribution in [2.45, 2.75) is 62.9 Å². The van der Waals surface area contributed by atoms with Crippen LogP contribution in [0.5, 0.6) is 0 Å². The van der Waals surface area contributed by atoms with Gasteiger partial charge in [0.15, 0.2) is 0 Å². The molecule has 4 saturated carbocycles. The molecule has 152 valence electrons. The summed E-state index contributed by atoms with van der Waals surface area (Å²) in [7, 11) is 0. The molecule has 28 heavy (non-hydrogen) atoms. The molecule has 1 heterocycles. The first-order valence-electron chi connectivity index (χ1n) is 10.2. The Kier molecular flexibility index (Phi) is 4.08. The van der Waals surface area contributed by atoms with Gasteiger partial charge >= 0.3 is 0 Å². The van der Waals surface area contributed by atoms with Gasteiger partial charge in [0.25, 0.3) is 0 Å². The third kappa shape index (κ3) is 2.00. The van der Waals surface area contributed by atoms with E-state index in [4.69, 9.17) is 11.5 Å². The molecular formula is C20H26BrN3O3S. The number of halogens is 1. The van der Waals surface area contributed by atoms with Crippen molar-refractivity contribution in [2.75, 3.05) is 0 Å². The molecular weight excluding hydrogens is 442 g/mol. The van der Waals surface area contributed by atoms with Crippen molar-refractivity contribution in [1.82, 2.24) is 4.98 Å². The summed E-state index contributed by atoms with van der Waals surface area (Å²) in [5, 5.41) is 10.7. The second kappa shape index (κ2) is 6.01. The number of amides is 2. The van der Waals surface area contributed by atoms with Gasteiger partial charge in [-0.25, -0.2) is 4.98 Å². The van der Waals surface area contributed by atoms with Crippen molar-refractivity contribution in [2.24, 2.45) is 40.1 Å². The van der Waals surface area contributed by atoms with Crippen molar-refractivity contribution >= 4 is 39.1 Å². The highest BCUT2D eigenvalue weighted by atomic mass is 79.9. The molecule has 1 aromatic rings. The molecule has 0 unspecified atom stereocenters. The Labute approximate surface area is 176 Å². The van der Waals surface area contributed by atoms with Crippen LogP contribution in [0.1, 0.15) is 56.4 Å². The second-order valence-electron chi connectivity index (χ2n) is 9.30. The Morgan fingerprint density at radius 3 is 2.21 bits per heavy atom. The van der Waals surface area contributed by atoms with E-state index in [0.29, 0.717) is 30.7 Å². The Morgan fingerprint density at radius 1 is 1.07 bits per heavy atom. The number of primary amides is 2. The molecule has 0 radical (unpaired) electrons. The van der Waals surface area contributed by atoms with Crippen molar-refractivity contribution < 1.29 is 14.7 Å². The Bertz CT molecular complexity index is 848. The van der Waals surface area contributed by atoms with E-state index in [-0.39, 0.29) is 29.3 Å². The molecule has 4 aliphatic rings. The van der Waals surface area contributed by atoms with Crippen LogP contribution in [0, 0.1) is 28.6 Å². The van der Waals surface area contributed by atoms with Gasteiger partial charge in [-0.15, -0.1) is 11.3 Å². The minimum atomic E-state index is -1.14. The average molecular weight is 468 g/mol. The number of nitrogens with two attached hydrogens (primary N) is 2. The number of aliphatic hydroxyl groups is 1. The van der Waals surface area contributed by atoms with E-state index in [1.54, 1.807) is 6.20 Å². The first kappa shape index (κ1) is 19.0. The molecule has 1 aromatic heterocycles. The zero-order valence-corrected chi connectivity index (χ0v) is 18.1. The van der Waals surface area contributed by atoms with Crippen LogP contribution >= 0.6 is 27.3 Å². The van der Waals surface area contributed by atoms with E-state index < -0.39 is 22.6 Å². The van der Waals surface area contributed by atoms with Crippen molar-refractivity contribution in [1.29, 1.82) is 0 Å². The molecule has 4 fully saturated rings. The Hall–Kier alpha value is -0.990. The van der Waals surface area contributed by atoms with E-state index in [2.05, 4.69) is 20.9 Å². The molecule has 6 nitrogen and oxygen atoms in total. The van der Waals surface area contributed by atoms with Gasteiger partial charge in [-0.1, -0.05) is 0 Å². The Morgan fingerprint density at radius 2 is 1.71 bits per heavy atom. The van der Waals surface area contributed by atoms with Crippen LogP contribution in [-0.2, 0) is 15.0 Å². The fourth-order valence-electron chi connectivity index (χ4n) is 7.83. The molecule has 0 aliphatic heterocycles. The second-order valence-corrected chi connectivity index (χ2v) is 11.7. The van der Waals surface area contributed by atoms with Crippen LogP contribution in [0.15, 0.2) is 9.98 Å². The van der Waals surface area contributed by atoms with E-state index in [9.17, 15) is 14.7 Å². The summed E-state index contributed by atoms with van der Waals surface area (Å²) in [4.78, 5) is 31.4. The smallest absolute Gasteiger partial charge is 0.231 e. The normalized spacial score (nSPS) is 43.4. The quantitative estimate of drug-likeness (QED) is 0.629. The van der Waals surface area contributed by atoms with E-state index >= 15 is 0 Å². The molecule has 5 N–H and O–H groups in total. The van der Waals surface area contributed by atoms with Gasteiger partial charge in [0.2, 0.25) is 11.8 Å². The number of carbonyl (C=O) groups is 2. The Balaban J connectivity index is 1.79. The van der Waals surface area contributed by atoms with Crippen LogP contribution in [0.3, 0.4) is 0 Å². The van der Waals surface area contributed by atoms with Crippen molar-refractivity contribution in [3.05, 3.63) is 15.0 Å². The molecule has 5 rings (SSSR count). The lowest BCUT2D eigenvalue weighted by atomic mass is 9.48. The minimum absolute atomic E-state index is 0.00172. The predicted octanol–water partition coefficient (Wildman–Crippen LogP) is 2.47. The first-order chi connectivity index (χ1) is 13.3. The third-order valence-electron chi connectivity index (χ3n) is 8.64. The minimum Gasteiger partial charge on any atom is -0.393 e. The molecule has 1 spiro atoms. The lowest BCUT2D eigenvalue weighted by Crippen LogP contribution is -2.66. The number of rotatable bonds is 4. The monoisotopic (exact) mass is 467 g/mol. The summed E-state index contributed by atoms with van der Waals surface area (Å²) < 4.78 is 0.827. The average Bonchev–Trinajstić information content (AvgIpc) is 3.12. The number of hydrogen-bond acceptors (Lipinski definition) is 5. The summed E-state index contributed by atoms with van der Waals surface area (Å²) in [6.07, 6.45) is 7.93. The highest BCUT2D eigenvalue weighted by molar-refractivity contribution is 9.11. The van der Waals surface area contributed by atoms with Crippen LogP contribution < -0.4 is 11.5 Å². The van der Waals surface area contributed by atoms with E-state index in [0.717, 1.165) is 29.5 Å². The summed E-state index contributed by atoms with van der Waals surface area (Å²) in [5.41, 5.74) is 10.3. The van der Waals surface area contributed by atoms with Gasteiger partial charge in [-0.3, -0.25) is 9.59 Å². The zero-order chi connectivity index (χ0) is 19.9. The predicted molar refractivity (Wildman–Crippen MR) is 108 cm³/mol. The maximum absolute atomic E-state index is 13.4. The number of nitrogens with zero attached hydrogens (tertiary/aromatic N) is 1. The van der Waals surface area contributed by atoms with Gasteiger partial charge < -0.3 is 16.6 Å². The molecule has 2 amide bonds. The molecule has 2 bridgehead atoms. The molecule has 8 heteroatoms. The van der Waals surface area contributed by atoms with Gasteiger partial charge in [0.1, 0.15) is 10.4 Å². The SMILES string of the molecule is NC(=O)[C@]1(C2CCC(O)CC2)[C@@H]2CC[C@@H](C23CC3)[C@@]1(C(N)=O)c1ncc(Br)s1. The number of aliphatic hydroxyl groups excluding tert-OH is 1. The molecule has 4 aliphatic carbocycles. The van der Waals surface area contributed by atoms with Crippen molar-refractivity contribution in [3.63, 3.8) is 0 Å². The summed E-state index contributed by atoms with van der Waals surface area (Å²) in [5.74, 6) is -0.774. The summed E-state index contributed by atoms with van der Waals surface area (Å²) in [6, 6.07) is 0.